The number of hydrogen-bond donors (Lipinski definition) is 0. The fraction of sp³-hybridized carbons (Fsp3) is 0.750. The molecule has 0 N–H and O–H groups in total. The SMILES string of the molecule is CC(C)n1ccc(C(=O)N2C[C@@]3(CCCO3)[C@@H]2C2CC2)n1. The minimum Gasteiger partial charge on any atom is -0.371 e. The van der Waals surface area contributed by atoms with Gasteiger partial charge in [-0.1, -0.05) is 0 Å². The first-order valence-electron chi connectivity index (χ1n) is 8.11. The van der Waals surface area contributed by atoms with Crippen molar-refractivity contribution < 1.29 is 9.53 Å². The van der Waals surface area contributed by atoms with Crippen LogP contribution >= 0.6 is 0 Å². The van der Waals surface area contributed by atoms with Crippen LogP contribution < -0.4 is 0 Å². The minimum absolute atomic E-state index is 0.0303. The first-order chi connectivity index (χ1) is 10.1. The second-order valence-electron chi connectivity index (χ2n) is 7.01. The molecular formula is C16H23N3O2. The van der Waals surface area contributed by atoms with E-state index in [0.717, 1.165) is 26.0 Å². The molecule has 4 rings (SSSR count). The lowest BCUT2D eigenvalue weighted by Crippen LogP contribution is -2.71. The largest absolute Gasteiger partial charge is 0.371 e. The molecule has 5 nitrogen and oxygen atoms in total. The number of nitrogens with zero attached hydrogens (tertiary/aromatic N) is 3. The zero-order valence-corrected chi connectivity index (χ0v) is 12.8. The summed E-state index contributed by atoms with van der Waals surface area (Å²) in [5.41, 5.74) is 0.541. The van der Waals surface area contributed by atoms with Gasteiger partial charge in [0, 0.05) is 18.8 Å². The Bertz CT molecular complexity index is 556. The third-order valence-corrected chi connectivity index (χ3v) is 5.13. The summed E-state index contributed by atoms with van der Waals surface area (Å²) < 4.78 is 7.88. The van der Waals surface area contributed by atoms with Crippen LogP contribution in [0.15, 0.2) is 12.3 Å². The van der Waals surface area contributed by atoms with Crippen LogP contribution in [0.2, 0.25) is 0 Å². The smallest absolute Gasteiger partial charge is 0.274 e. The zero-order valence-electron chi connectivity index (χ0n) is 12.8. The molecule has 1 aromatic rings. The van der Waals surface area contributed by atoms with Crippen molar-refractivity contribution in [3.63, 3.8) is 0 Å². The molecule has 1 amide bonds. The van der Waals surface area contributed by atoms with Crippen LogP contribution in [-0.4, -0.2) is 45.4 Å². The molecule has 3 fully saturated rings. The van der Waals surface area contributed by atoms with Crippen LogP contribution in [-0.2, 0) is 4.74 Å². The number of rotatable bonds is 3. The quantitative estimate of drug-likeness (QED) is 0.857. The highest BCUT2D eigenvalue weighted by Gasteiger charge is 2.61. The lowest BCUT2D eigenvalue weighted by Gasteiger charge is -2.55. The maximum absolute atomic E-state index is 12.7. The molecule has 0 radical (unpaired) electrons. The fourth-order valence-corrected chi connectivity index (χ4v) is 3.91. The molecule has 5 heteroatoms. The molecule has 0 unspecified atom stereocenters. The van der Waals surface area contributed by atoms with E-state index in [2.05, 4.69) is 18.9 Å². The summed E-state index contributed by atoms with van der Waals surface area (Å²) in [6.07, 6.45) is 6.61. The van der Waals surface area contributed by atoms with Gasteiger partial charge >= 0.3 is 0 Å². The van der Waals surface area contributed by atoms with Gasteiger partial charge in [0.2, 0.25) is 0 Å². The maximum Gasteiger partial charge on any atom is 0.274 e. The van der Waals surface area contributed by atoms with E-state index in [1.807, 2.05) is 21.8 Å². The molecule has 0 bridgehead atoms. The predicted octanol–water partition coefficient (Wildman–Crippen LogP) is 2.25. The molecule has 0 aromatic carbocycles. The summed E-state index contributed by atoms with van der Waals surface area (Å²) in [4.78, 5) is 14.8. The molecule has 1 aliphatic carbocycles. The van der Waals surface area contributed by atoms with Crippen molar-refractivity contribution in [1.82, 2.24) is 14.7 Å². The summed E-state index contributed by atoms with van der Waals surface area (Å²) in [6.45, 7) is 5.74. The van der Waals surface area contributed by atoms with Crippen molar-refractivity contribution in [2.45, 2.75) is 57.2 Å². The van der Waals surface area contributed by atoms with Gasteiger partial charge < -0.3 is 9.64 Å². The summed E-state index contributed by atoms with van der Waals surface area (Å²) in [5, 5.41) is 4.43. The molecule has 3 heterocycles. The van der Waals surface area contributed by atoms with E-state index in [1.165, 1.54) is 12.8 Å². The molecule has 21 heavy (non-hydrogen) atoms. The molecule has 1 saturated carbocycles. The predicted molar refractivity (Wildman–Crippen MR) is 78.1 cm³/mol. The Balaban J connectivity index is 1.54. The van der Waals surface area contributed by atoms with E-state index in [4.69, 9.17) is 4.74 Å². The van der Waals surface area contributed by atoms with E-state index < -0.39 is 0 Å². The Kier molecular flexibility index (Phi) is 2.89. The van der Waals surface area contributed by atoms with Gasteiger partial charge in [-0.15, -0.1) is 0 Å². The summed E-state index contributed by atoms with van der Waals surface area (Å²) >= 11 is 0. The number of carbonyl (C=O) groups is 1. The van der Waals surface area contributed by atoms with Gasteiger partial charge in [0.1, 0.15) is 11.3 Å². The van der Waals surface area contributed by atoms with E-state index >= 15 is 0 Å². The van der Waals surface area contributed by atoms with Gasteiger partial charge in [0.25, 0.3) is 5.91 Å². The van der Waals surface area contributed by atoms with Crippen LogP contribution in [0.3, 0.4) is 0 Å². The highest BCUT2D eigenvalue weighted by Crippen LogP contribution is 2.51. The van der Waals surface area contributed by atoms with Crippen LogP contribution in [0.4, 0.5) is 0 Å². The van der Waals surface area contributed by atoms with Gasteiger partial charge in [-0.3, -0.25) is 9.48 Å². The van der Waals surface area contributed by atoms with Gasteiger partial charge in [0.15, 0.2) is 0 Å². The maximum atomic E-state index is 12.7. The lowest BCUT2D eigenvalue weighted by atomic mass is 9.78. The number of hydrogen-bond acceptors (Lipinski definition) is 3. The minimum atomic E-state index is -0.0303. The van der Waals surface area contributed by atoms with Gasteiger partial charge in [-0.05, 0) is 51.5 Å². The second kappa shape index (κ2) is 4.57. The van der Waals surface area contributed by atoms with E-state index in [0.29, 0.717) is 11.6 Å². The van der Waals surface area contributed by atoms with Gasteiger partial charge in [-0.25, -0.2) is 0 Å². The molecule has 2 aliphatic heterocycles. The fourth-order valence-electron chi connectivity index (χ4n) is 3.91. The summed E-state index contributed by atoms with van der Waals surface area (Å²) in [6, 6.07) is 2.41. The van der Waals surface area contributed by atoms with Crippen LogP contribution in [0.25, 0.3) is 0 Å². The molecule has 2 atom stereocenters. The average Bonchev–Trinajstić information content (AvgIpc) is 2.99. The molecule has 1 aromatic heterocycles. The number of aromatic nitrogens is 2. The van der Waals surface area contributed by atoms with Crippen molar-refractivity contribution >= 4 is 5.91 Å². The van der Waals surface area contributed by atoms with Crippen molar-refractivity contribution in [2.24, 2.45) is 5.92 Å². The zero-order chi connectivity index (χ0) is 14.6. The molecule has 1 spiro atoms. The molecular weight excluding hydrogens is 266 g/mol. The van der Waals surface area contributed by atoms with E-state index in [9.17, 15) is 4.79 Å². The number of amides is 1. The Morgan fingerprint density at radius 3 is 2.86 bits per heavy atom. The Morgan fingerprint density at radius 1 is 1.48 bits per heavy atom. The lowest BCUT2D eigenvalue weighted by molar-refractivity contribution is -0.149. The van der Waals surface area contributed by atoms with Crippen LogP contribution in [0, 0.1) is 5.92 Å². The molecule has 3 aliphatic rings. The number of likely N-dealkylation sites (tertiary alicyclic amines) is 1. The topological polar surface area (TPSA) is 47.4 Å². The first kappa shape index (κ1) is 13.3. The monoisotopic (exact) mass is 289 g/mol. The van der Waals surface area contributed by atoms with Crippen LogP contribution in [0.1, 0.15) is 56.1 Å². The number of carbonyl (C=O) groups excluding carboxylic acids is 1. The average molecular weight is 289 g/mol. The second-order valence-corrected chi connectivity index (χ2v) is 7.01. The summed E-state index contributed by atoms with van der Waals surface area (Å²) in [7, 11) is 0. The van der Waals surface area contributed by atoms with Crippen LogP contribution in [0.5, 0.6) is 0 Å². The van der Waals surface area contributed by atoms with Gasteiger partial charge in [-0.2, -0.15) is 5.10 Å². The highest BCUT2D eigenvalue weighted by atomic mass is 16.5. The van der Waals surface area contributed by atoms with Crippen molar-refractivity contribution in [3.05, 3.63) is 18.0 Å². The Hall–Kier alpha value is -1.36. The van der Waals surface area contributed by atoms with Crippen molar-refractivity contribution in [3.8, 4) is 0 Å². The molecule has 2 saturated heterocycles. The Labute approximate surface area is 125 Å². The van der Waals surface area contributed by atoms with Crippen molar-refractivity contribution in [2.75, 3.05) is 13.2 Å². The van der Waals surface area contributed by atoms with Crippen molar-refractivity contribution in [1.29, 1.82) is 0 Å². The standard InChI is InChI=1S/C16H23N3O2/c1-11(2)19-8-6-13(17-19)15(20)18-10-16(7-3-9-21-16)14(18)12-4-5-12/h6,8,11-12,14H,3-5,7,9-10H2,1-2H3/t14-,16-/m0/s1. The first-order valence-corrected chi connectivity index (χ1v) is 8.11. The number of ether oxygens (including phenoxy) is 1. The third-order valence-electron chi connectivity index (χ3n) is 5.13. The normalized spacial score (nSPS) is 32.0. The highest BCUT2D eigenvalue weighted by molar-refractivity contribution is 5.93. The molecule has 114 valence electrons. The van der Waals surface area contributed by atoms with E-state index in [1.54, 1.807) is 0 Å². The Morgan fingerprint density at radius 2 is 2.29 bits per heavy atom. The summed E-state index contributed by atoms with van der Waals surface area (Å²) in [5.74, 6) is 0.723. The third kappa shape index (κ3) is 2.01. The van der Waals surface area contributed by atoms with E-state index in [-0.39, 0.29) is 23.6 Å². The van der Waals surface area contributed by atoms with Gasteiger partial charge in [0.05, 0.1) is 12.6 Å².